The lowest BCUT2D eigenvalue weighted by Crippen LogP contribution is -2.14. The van der Waals surface area contributed by atoms with Gasteiger partial charge in [0, 0.05) is 36.5 Å². The topological polar surface area (TPSA) is 135 Å². The minimum absolute atomic E-state index is 0.0125. The van der Waals surface area contributed by atoms with Crippen molar-refractivity contribution in [2.75, 3.05) is 16.9 Å². The van der Waals surface area contributed by atoms with Crippen LogP contribution in [-0.2, 0) is 21.7 Å². The molecule has 1 fully saturated rings. The maximum Gasteiger partial charge on any atom is 0.295 e. The first kappa shape index (κ1) is 23.9. The van der Waals surface area contributed by atoms with Gasteiger partial charge in [-0.3, -0.25) is 9.48 Å². The molecular weight excluding hydrogens is 492 g/mol. The average Bonchev–Trinajstić information content (AvgIpc) is 3.48. The average molecular weight is 516 g/mol. The number of carbonyl (C=O) groups is 1. The molecule has 3 aromatic heterocycles. The maximum absolute atomic E-state index is 13.3. The number of aromatic amines is 1. The van der Waals surface area contributed by atoms with E-state index in [0.29, 0.717) is 11.3 Å². The van der Waals surface area contributed by atoms with Gasteiger partial charge in [0.05, 0.1) is 22.0 Å². The van der Waals surface area contributed by atoms with Gasteiger partial charge in [-0.2, -0.15) is 5.10 Å². The summed E-state index contributed by atoms with van der Waals surface area (Å²) in [6.07, 6.45) is -0.241. The van der Waals surface area contributed by atoms with E-state index in [9.17, 15) is 22.0 Å². The van der Waals surface area contributed by atoms with Gasteiger partial charge < -0.3 is 15.6 Å². The maximum atomic E-state index is 13.3. The number of anilines is 3. The summed E-state index contributed by atoms with van der Waals surface area (Å²) < 4.78 is 53.8. The number of sulfone groups is 1. The van der Waals surface area contributed by atoms with Crippen molar-refractivity contribution in [3.8, 4) is 11.3 Å². The first-order valence-electron chi connectivity index (χ1n) is 11.1. The Morgan fingerprint density at radius 1 is 1.17 bits per heavy atom. The third-order valence-corrected chi connectivity index (χ3v) is 7.07. The summed E-state index contributed by atoms with van der Waals surface area (Å²) in [5.74, 6) is -0.770. The molecule has 0 unspecified atom stereocenters. The molecule has 3 heterocycles. The Morgan fingerprint density at radius 2 is 1.92 bits per heavy atom. The highest BCUT2D eigenvalue weighted by Crippen LogP contribution is 2.35. The third kappa shape index (κ3) is 4.65. The summed E-state index contributed by atoms with van der Waals surface area (Å²) in [6, 6.07) is 8.07. The summed E-state index contributed by atoms with van der Waals surface area (Å²) in [7, 11) is -1.92. The van der Waals surface area contributed by atoms with E-state index in [4.69, 9.17) is 0 Å². The van der Waals surface area contributed by atoms with Gasteiger partial charge in [0.2, 0.25) is 5.91 Å². The van der Waals surface area contributed by atoms with Gasteiger partial charge in [0.25, 0.3) is 6.43 Å². The Hall–Kier alpha value is -3.87. The van der Waals surface area contributed by atoms with Crippen molar-refractivity contribution in [2.24, 2.45) is 13.0 Å². The van der Waals surface area contributed by atoms with Gasteiger partial charge in [-0.15, -0.1) is 0 Å². The van der Waals surface area contributed by atoms with Crippen molar-refractivity contribution >= 4 is 44.1 Å². The number of nitrogens with one attached hydrogen (secondary N) is 3. The number of hydrogen-bond acceptors (Lipinski definition) is 7. The zero-order valence-electron chi connectivity index (χ0n) is 19.6. The van der Waals surface area contributed by atoms with E-state index >= 15 is 0 Å². The number of hydrogen-bond donors (Lipinski definition) is 3. The number of carbonyl (C=O) groups excluding carboxylic acids is 1. The molecule has 1 aromatic carbocycles. The lowest BCUT2D eigenvalue weighted by atomic mass is 10.1. The van der Waals surface area contributed by atoms with E-state index in [2.05, 4.69) is 30.7 Å². The normalized spacial score (nSPS) is 13.9. The molecule has 0 bridgehead atoms. The summed E-state index contributed by atoms with van der Waals surface area (Å²) in [6.45, 7) is 1.88. The fourth-order valence-electron chi connectivity index (χ4n) is 3.78. The molecule has 13 heteroatoms. The fourth-order valence-corrected chi connectivity index (χ4v) is 4.64. The number of aromatic nitrogens is 5. The van der Waals surface area contributed by atoms with Crippen LogP contribution in [0.2, 0.25) is 0 Å². The van der Waals surface area contributed by atoms with Gasteiger partial charge in [-0.25, -0.2) is 27.2 Å². The number of benzene rings is 1. The Balaban J connectivity index is 1.59. The number of imidazole rings is 1. The molecule has 36 heavy (non-hydrogen) atoms. The van der Waals surface area contributed by atoms with E-state index in [1.54, 1.807) is 23.9 Å². The quantitative estimate of drug-likeness (QED) is 0.337. The van der Waals surface area contributed by atoms with Crippen LogP contribution in [0.25, 0.3) is 22.4 Å². The number of aryl methyl sites for hydroxylation is 2. The highest BCUT2D eigenvalue weighted by atomic mass is 32.2. The zero-order valence-corrected chi connectivity index (χ0v) is 20.4. The van der Waals surface area contributed by atoms with E-state index in [-0.39, 0.29) is 45.1 Å². The van der Waals surface area contributed by atoms with Crippen LogP contribution >= 0.6 is 0 Å². The molecule has 0 atom stereocenters. The lowest BCUT2D eigenvalue weighted by molar-refractivity contribution is -0.117. The van der Waals surface area contributed by atoms with Crippen molar-refractivity contribution in [3.63, 3.8) is 0 Å². The largest absolute Gasteiger partial charge is 0.352 e. The predicted molar refractivity (Wildman–Crippen MR) is 130 cm³/mol. The molecule has 4 aromatic rings. The molecule has 3 N–H and O–H groups in total. The van der Waals surface area contributed by atoms with Crippen LogP contribution in [0.1, 0.15) is 30.8 Å². The summed E-state index contributed by atoms with van der Waals surface area (Å²) in [5.41, 5.74) is 2.64. The number of amides is 1. The SMILES string of the molecule is Cc1cc(-c2ccc(Nc3cc(NC(=O)C4CC4)nc4[nH]c(C(F)F)nc34)c(S(C)(=O)=O)c2)nn1C. The van der Waals surface area contributed by atoms with Crippen molar-refractivity contribution in [1.82, 2.24) is 24.7 Å². The molecule has 10 nitrogen and oxygen atoms in total. The molecule has 0 radical (unpaired) electrons. The molecular formula is C23H23F2N7O3S. The van der Waals surface area contributed by atoms with Crippen LogP contribution in [0, 0.1) is 12.8 Å². The fraction of sp³-hybridized carbons (Fsp3) is 0.304. The van der Waals surface area contributed by atoms with E-state index < -0.39 is 22.1 Å². The van der Waals surface area contributed by atoms with Crippen molar-refractivity contribution in [2.45, 2.75) is 31.1 Å². The van der Waals surface area contributed by atoms with Crippen LogP contribution in [0.4, 0.5) is 26.0 Å². The first-order chi connectivity index (χ1) is 17.0. The third-order valence-electron chi connectivity index (χ3n) is 5.94. The molecule has 1 saturated carbocycles. The second kappa shape index (κ2) is 8.66. The number of fused-ring (bicyclic) bond motifs is 1. The summed E-state index contributed by atoms with van der Waals surface area (Å²) >= 11 is 0. The molecule has 1 amide bonds. The summed E-state index contributed by atoms with van der Waals surface area (Å²) in [5, 5.41) is 10.1. The number of alkyl halides is 2. The van der Waals surface area contributed by atoms with Crippen LogP contribution in [-0.4, -0.2) is 45.3 Å². The molecule has 5 rings (SSSR count). The first-order valence-corrected chi connectivity index (χ1v) is 13.0. The number of H-pyrrole nitrogens is 1. The molecule has 1 aliphatic carbocycles. The monoisotopic (exact) mass is 515 g/mol. The van der Waals surface area contributed by atoms with E-state index in [1.807, 2.05) is 13.0 Å². The number of halogens is 2. The molecule has 188 valence electrons. The Bertz CT molecular complexity index is 1590. The van der Waals surface area contributed by atoms with Crippen molar-refractivity contribution in [3.05, 3.63) is 41.9 Å². The van der Waals surface area contributed by atoms with Crippen LogP contribution in [0.15, 0.2) is 35.2 Å². The smallest absolute Gasteiger partial charge is 0.295 e. The molecule has 0 aliphatic heterocycles. The van der Waals surface area contributed by atoms with Crippen LogP contribution in [0.5, 0.6) is 0 Å². The highest BCUT2D eigenvalue weighted by Gasteiger charge is 2.30. The molecule has 1 aliphatic rings. The van der Waals surface area contributed by atoms with Gasteiger partial charge in [0.1, 0.15) is 11.3 Å². The number of pyridine rings is 1. The minimum atomic E-state index is -3.71. The van der Waals surface area contributed by atoms with Crippen molar-refractivity contribution < 1.29 is 22.0 Å². The Kier molecular flexibility index (Phi) is 5.74. The van der Waals surface area contributed by atoms with Gasteiger partial charge >= 0.3 is 0 Å². The second-order valence-electron chi connectivity index (χ2n) is 8.84. The van der Waals surface area contributed by atoms with Crippen molar-refractivity contribution in [1.29, 1.82) is 0 Å². The highest BCUT2D eigenvalue weighted by molar-refractivity contribution is 7.90. The zero-order chi connectivity index (χ0) is 25.8. The Morgan fingerprint density at radius 3 is 2.53 bits per heavy atom. The number of nitrogens with zero attached hydrogens (tertiary/aromatic N) is 4. The lowest BCUT2D eigenvalue weighted by Gasteiger charge is -2.14. The van der Waals surface area contributed by atoms with Gasteiger partial charge in [0.15, 0.2) is 21.3 Å². The van der Waals surface area contributed by atoms with E-state index in [0.717, 1.165) is 24.8 Å². The van der Waals surface area contributed by atoms with Crippen LogP contribution in [0.3, 0.4) is 0 Å². The molecule has 0 saturated heterocycles. The summed E-state index contributed by atoms with van der Waals surface area (Å²) in [4.78, 5) is 22.9. The predicted octanol–water partition coefficient (Wildman–Crippen LogP) is 4.10. The van der Waals surface area contributed by atoms with Gasteiger partial charge in [-0.1, -0.05) is 6.07 Å². The van der Waals surface area contributed by atoms with Crippen LogP contribution < -0.4 is 10.6 Å². The standard InChI is InChI=1S/C23H23F2N7O3S/c1-11-8-15(31-32(11)2)13-6-7-14(17(9-13)36(3,34)35)26-16-10-18(28-23(33)12-4-5-12)27-21-19(16)29-22(30-21)20(24)25/h6-10,12,20H,4-5H2,1-3H3,(H3,26,27,28,29,30,33). The molecule has 0 spiro atoms. The van der Waals surface area contributed by atoms with Gasteiger partial charge in [-0.05, 0) is 38.0 Å². The van der Waals surface area contributed by atoms with E-state index in [1.165, 1.54) is 12.1 Å². The number of rotatable bonds is 7. The Labute approximate surface area is 205 Å². The second-order valence-corrected chi connectivity index (χ2v) is 10.8. The minimum Gasteiger partial charge on any atom is -0.352 e.